The Hall–Kier alpha value is -0.0900. The molecule has 1 aliphatic rings. The van der Waals surface area contributed by atoms with Gasteiger partial charge in [-0.25, -0.2) is 4.98 Å². The van der Waals surface area contributed by atoms with Crippen molar-refractivity contribution in [3.8, 4) is 0 Å². The summed E-state index contributed by atoms with van der Waals surface area (Å²) < 4.78 is 2.66. The minimum atomic E-state index is 0.387. The monoisotopic (exact) mass is 326 g/mol. The molecule has 1 fully saturated rings. The van der Waals surface area contributed by atoms with Crippen LogP contribution in [-0.4, -0.2) is 25.1 Å². The Morgan fingerprint density at radius 1 is 1.14 bits per heavy atom. The summed E-state index contributed by atoms with van der Waals surface area (Å²) in [5.41, 5.74) is 0. The number of nitrogens with zero attached hydrogens (tertiary/aromatic N) is 2. The highest BCUT2D eigenvalue weighted by atomic mass is 32.2. The first-order valence-electron chi connectivity index (χ1n) is 8.48. The number of unbranched alkanes of at least 4 members (excludes halogenated alkanes) is 5. The summed E-state index contributed by atoms with van der Waals surface area (Å²) in [6, 6.07) is 0. The van der Waals surface area contributed by atoms with Crippen molar-refractivity contribution in [2.45, 2.75) is 69.4 Å². The first-order chi connectivity index (χ1) is 10.2. The van der Waals surface area contributed by atoms with Crippen LogP contribution in [0.2, 0.25) is 0 Å². The Bertz CT molecular complexity index is 370. The van der Waals surface area contributed by atoms with Crippen molar-refractivity contribution >= 4 is 23.5 Å². The summed E-state index contributed by atoms with van der Waals surface area (Å²) in [6.45, 7) is 5.78. The van der Waals surface area contributed by atoms with Crippen LogP contribution in [-0.2, 0) is 6.54 Å². The van der Waals surface area contributed by atoms with Crippen LogP contribution in [0.5, 0.6) is 0 Å². The summed E-state index contributed by atoms with van der Waals surface area (Å²) >= 11 is 4.40. The maximum Gasteiger partial charge on any atom is 0.0946 e. The van der Waals surface area contributed by atoms with E-state index in [1.807, 2.05) is 12.5 Å². The molecule has 1 aromatic heterocycles. The summed E-state index contributed by atoms with van der Waals surface area (Å²) in [4.78, 5) is 4.21. The van der Waals surface area contributed by atoms with E-state index < -0.39 is 0 Å². The molecule has 4 heteroatoms. The van der Waals surface area contributed by atoms with Gasteiger partial charge in [-0.2, -0.15) is 0 Å². The normalized spacial score (nSPS) is 26.1. The standard InChI is InChI=1S/C17H30N2S2/c1-3-4-5-6-7-8-9-17(14-19-11-10-18-15-19)20-12-16(2)13-21-17/h10-11,15-16H,3-9,12-14H2,1-2H3. The quantitative estimate of drug-likeness (QED) is 0.562. The molecule has 0 bridgehead atoms. The van der Waals surface area contributed by atoms with Crippen molar-refractivity contribution in [3.05, 3.63) is 18.7 Å². The van der Waals surface area contributed by atoms with Gasteiger partial charge >= 0.3 is 0 Å². The van der Waals surface area contributed by atoms with E-state index in [2.05, 4.69) is 53.1 Å². The smallest absolute Gasteiger partial charge is 0.0946 e. The second-order valence-corrected chi connectivity index (χ2v) is 9.46. The van der Waals surface area contributed by atoms with Gasteiger partial charge in [0.15, 0.2) is 0 Å². The maximum atomic E-state index is 4.21. The Morgan fingerprint density at radius 3 is 2.52 bits per heavy atom. The van der Waals surface area contributed by atoms with Gasteiger partial charge in [0.25, 0.3) is 0 Å². The van der Waals surface area contributed by atoms with Gasteiger partial charge in [0.05, 0.1) is 10.4 Å². The first kappa shape index (κ1) is 17.3. The molecule has 2 rings (SSSR count). The SMILES string of the molecule is CCCCCCCCC1(Cn2ccnc2)SCC(C)CS1. The molecule has 1 saturated heterocycles. The number of hydrogen-bond donors (Lipinski definition) is 0. The fourth-order valence-corrected chi connectivity index (χ4v) is 6.19. The molecule has 0 radical (unpaired) electrons. The van der Waals surface area contributed by atoms with Crippen LogP contribution in [0.1, 0.15) is 58.8 Å². The molecule has 2 heterocycles. The molecular formula is C17H30N2S2. The van der Waals surface area contributed by atoms with Gasteiger partial charge in [-0.1, -0.05) is 52.4 Å². The molecule has 0 aromatic carbocycles. The van der Waals surface area contributed by atoms with Crippen LogP contribution in [0.4, 0.5) is 0 Å². The van der Waals surface area contributed by atoms with Gasteiger partial charge in [0.2, 0.25) is 0 Å². The van der Waals surface area contributed by atoms with E-state index in [4.69, 9.17) is 0 Å². The summed E-state index contributed by atoms with van der Waals surface area (Å²) in [7, 11) is 0. The lowest BCUT2D eigenvalue weighted by Crippen LogP contribution is -2.33. The Morgan fingerprint density at radius 2 is 1.86 bits per heavy atom. The molecule has 1 aromatic rings. The fourth-order valence-electron chi connectivity index (χ4n) is 2.83. The van der Waals surface area contributed by atoms with E-state index in [-0.39, 0.29) is 0 Å². The van der Waals surface area contributed by atoms with E-state index >= 15 is 0 Å². The highest BCUT2D eigenvalue weighted by Gasteiger charge is 2.35. The lowest BCUT2D eigenvalue weighted by atomic mass is 10.1. The minimum Gasteiger partial charge on any atom is -0.335 e. The third-order valence-corrected chi connectivity index (χ3v) is 8.05. The van der Waals surface area contributed by atoms with Crippen molar-refractivity contribution in [1.82, 2.24) is 9.55 Å². The molecular weight excluding hydrogens is 296 g/mol. The Balaban J connectivity index is 1.81. The van der Waals surface area contributed by atoms with Crippen LogP contribution in [0.3, 0.4) is 0 Å². The summed E-state index contributed by atoms with van der Waals surface area (Å²) in [6.07, 6.45) is 15.7. The van der Waals surface area contributed by atoms with Crippen LogP contribution in [0.25, 0.3) is 0 Å². The lowest BCUT2D eigenvalue weighted by molar-refractivity contribution is 0.526. The molecule has 0 saturated carbocycles. The Kier molecular flexibility index (Phi) is 7.51. The topological polar surface area (TPSA) is 17.8 Å². The maximum absolute atomic E-state index is 4.21. The van der Waals surface area contributed by atoms with Gasteiger partial charge in [-0.05, 0) is 23.8 Å². The second kappa shape index (κ2) is 9.14. The summed E-state index contributed by atoms with van der Waals surface area (Å²) in [5.74, 6) is 3.50. The number of thioether (sulfide) groups is 2. The van der Waals surface area contributed by atoms with Crippen LogP contribution in [0.15, 0.2) is 18.7 Å². The molecule has 0 amide bonds. The number of hydrogen-bond acceptors (Lipinski definition) is 3. The first-order valence-corrected chi connectivity index (χ1v) is 10.4. The molecule has 0 spiro atoms. The highest BCUT2D eigenvalue weighted by molar-refractivity contribution is 8.18. The summed E-state index contributed by atoms with van der Waals surface area (Å²) in [5, 5.41) is 0. The molecule has 0 N–H and O–H groups in total. The molecule has 0 aliphatic carbocycles. The van der Waals surface area contributed by atoms with E-state index in [9.17, 15) is 0 Å². The second-order valence-electron chi connectivity index (χ2n) is 6.39. The van der Waals surface area contributed by atoms with Crippen LogP contribution in [0, 0.1) is 5.92 Å². The van der Waals surface area contributed by atoms with Crippen molar-refractivity contribution in [2.24, 2.45) is 5.92 Å². The van der Waals surface area contributed by atoms with Gasteiger partial charge in [0.1, 0.15) is 0 Å². The van der Waals surface area contributed by atoms with Crippen molar-refractivity contribution in [3.63, 3.8) is 0 Å². The third-order valence-electron chi connectivity index (χ3n) is 4.16. The zero-order valence-electron chi connectivity index (χ0n) is 13.6. The zero-order chi connectivity index (χ0) is 15.0. The lowest BCUT2D eigenvalue weighted by Gasteiger charge is -2.38. The van der Waals surface area contributed by atoms with Crippen LogP contribution < -0.4 is 0 Å². The van der Waals surface area contributed by atoms with E-state index in [1.165, 1.54) is 56.5 Å². The molecule has 0 atom stereocenters. The average molecular weight is 327 g/mol. The number of aromatic nitrogens is 2. The van der Waals surface area contributed by atoms with Crippen molar-refractivity contribution in [1.29, 1.82) is 0 Å². The minimum absolute atomic E-state index is 0.387. The number of imidazole rings is 1. The predicted octanol–water partition coefficient (Wildman–Crippen LogP) is 5.45. The van der Waals surface area contributed by atoms with Gasteiger partial charge in [0, 0.05) is 18.9 Å². The predicted molar refractivity (Wildman–Crippen MR) is 97.0 cm³/mol. The molecule has 120 valence electrons. The largest absolute Gasteiger partial charge is 0.335 e. The van der Waals surface area contributed by atoms with Gasteiger partial charge < -0.3 is 4.57 Å². The van der Waals surface area contributed by atoms with Crippen LogP contribution >= 0.6 is 23.5 Å². The van der Waals surface area contributed by atoms with Crippen molar-refractivity contribution in [2.75, 3.05) is 11.5 Å². The number of rotatable bonds is 9. The van der Waals surface area contributed by atoms with E-state index in [0.717, 1.165) is 12.5 Å². The van der Waals surface area contributed by atoms with Gasteiger partial charge in [-0.15, -0.1) is 23.5 Å². The fraction of sp³-hybridized carbons (Fsp3) is 0.824. The molecule has 0 unspecified atom stereocenters. The van der Waals surface area contributed by atoms with E-state index in [1.54, 1.807) is 0 Å². The molecule has 1 aliphatic heterocycles. The third kappa shape index (κ3) is 5.90. The zero-order valence-corrected chi connectivity index (χ0v) is 15.2. The van der Waals surface area contributed by atoms with Crippen molar-refractivity contribution < 1.29 is 0 Å². The highest BCUT2D eigenvalue weighted by Crippen LogP contribution is 2.48. The van der Waals surface area contributed by atoms with E-state index in [0.29, 0.717) is 4.08 Å². The van der Waals surface area contributed by atoms with Gasteiger partial charge in [-0.3, -0.25) is 0 Å². The molecule has 2 nitrogen and oxygen atoms in total. The molecule has 21 heavy (non-hydrogen) atoms. The Labute approximate surface area is 138 Å². The average Bonchev–Trinajstić information content (AvgIpc) is 2.99.